The number of ether oxygens (including phenoxy) is 5. The predicted molar refractivity (Wildman–Crippen MR) is 90.2 cm³/mol. The fourth-order valence-corrected chi connectivity index (χ4v) is 1.26. The smallest absolute Gasteiger partial charge is 0.394 e. The molecule has 0 amide bonds. The van der Waals surface area contributed by atoms with Crippen LogP contribution in [0.5, 0.6) is 0 Å². The van der Waals surface area contributed by atoms with Crippen LogP contribution in [-0.4, -0.2) is 95.3 Å². The molecule has 0 radical (unpaired) electrons. The van der Waals surface area contributed by atoms with E-state index in [-0.39, 0.29) is 6.61 Å². The first-order valence-electron chi connectivity index (χ1n) is 7.96. The summed E-state index contributed by atoms with van der Waals surface area (Å²) in [7, 11) is -4.67. The zero-order valence-electron chi connectivity index (χ0n) is 15.0. The minimum absolute atomic E-state index is 0.0472. The average molecular weight is 392 g/mol. The molecule has 3 N–H and O–H groups in total. The van der Waals surface area contributed by atoms with Gasteiger partial charge in [0.2, 0.25) is 0 Å². The van der Waals surface area contributed by atoms with Crippen LogP contribution in [0.25, 0.3) is 0 Å². The molecule has 0 aliphatic heterocycles. The van der Waals surface area contributed by atoms with Crippen LogP contribution >= 0.6 is 0 Å². The van der Waals surface area contributed by atoms with Crippen LogP contribution in [-0.2, 0) is 34.1 Å². The Bertz CT molecular complexity index is 340. The Morgan fingerprint density at radius 1 is 0.680 bits per heavy atom. The minimum Gasteiger partial charge on any atom is -0.394 e. The third-order valence-corrected chi connectivity index (χ3v) is 2.17. The fraction of sp³-hybridized carbons (Fsp3) is 1.00. The van der Waals surface area contributed by atoms with E-state index in [9.17, 15) is 0 Å². The first kappa shape index (κ1) is 26.9. The van der Waals surface area contributed by atoms with Gasteiger partial charge >= 0.3 is 10.4 Å². The van der Waals surface area contributed by atoms with E-state index in [1.54, 1.807) is 0 Å². The molecule has 10 nitrogen and oxygen atoms in total. The van der Waals surface area contributed by atoms with E-state index < -0.39 is 10.4 Å². The molecule has 0 atom stereocenters. The lowest BCUT2D eigenvalue weighted by atomic mass is 10.2. The van der Waals surface area contributed by atoms with E-state index in [2.05, 4.69) is 13.8 Å². The molecule has 0 aliphatic rings. The first-order chi connectivity index (χ1) is 11.8. The van der Waals surface area contributed by atoms with Gasteiger partial charge in [0, 0.05) is 6.61 Å². The molecule has 0 saturated heterocycles. The summed E-state index contributed by atoms with van der Waals surface area (Å²) in [6.45, 7) is 9.91. The zero-order chi connectivity index (χ0) is 19.4. The summed E-state index contributed by atoms with van der Waals surface area (Å²) in [5, 5.41) is 8.48. The van der Waals surface area contributed by atoms with Gasteiger partial charge in [0.15, 0.2) is 0 Å². The molecule has 0 bridgehead atoms. The van der Waals surface area contributed by atoms with Gasteiger partial charge in [-0.25, -0.2) is 0 Å². The van der Waals surface area contributed by atoms with E-state index >= 15 is 0 Å². The summed E-state index contributed by atoms with van der Waals surface area (Å²) < 4.78 is 58.0. The lowest BCUT2D eigenvalue weighted by molar-refractivity contribution is -0.0147. The zero-order valence-corrected chi connectivity index (χ0v) is 15.8. The van der Waals surface area contributed by atoms with Gasteiger partial charge in [-0.05, 0) is 5.92 Å². The van der Waals surface area contributed by atoms with E-state index in [4.69, 9.17) is 46.3 Å². The molecule has 0 unspecified atom stereocenters. The number of hydrogen-bond acceptors (Lipinski definition) is 8. The van der Waals surface area contributed by atoms with Gasteiger partial charge in [-0.15, -0.1) is 0 Å². The average Bonchev–Trinajstić information content (AvgIpc) is 2.49. The Morgan fingerprint density at radius 2 is 0.960 bits per heavy atom. The standard InChI is InChI=1S/C14H30O6.H2O4S/c1-14(2)13-20-12-11-19-10-9-18-8-7-17-6-5-16-4-3-15;1-5(2,3)4/h14-15H,3-13H2,1-2H3;(H2,1,2,3,4). The molecule has 0 heterocycles. The van der Waals surface area contributed by atoms with Crippen molar-refractivity contribution in [3.8, 4) is 0 Å². The number of rotatable bonds is 16. The predicted octanol–water partition coefficient (Wildman–Crippen LogP) is 0.0649. The summed E-state index contributed by atoms with van der Waals surface area (Å²) >= 11 is 0. The molecule has 0 spiro atoms. The van der Waals surface area contributed by atoms with Crippen molar-refractivity contribution in [3.63, 3.8) is 0 Å². The Labute approximate surface area is 149 Å². The van der Waals surface area contributed by atoms with Crippen molar-refractivity contribution >= 4 is 10.4 Å². The molecular weight excluding hydrogens is 360 g/mol. The summed E-state index contributed by atoms with van der Waals surface area (Å²) in [6.07, 6.45) is 0. The number of aliphatic hydroxyl groups excluding tert-OH is 1. The summed E-state index contributed by atoms with van der Waals surface area (Å²) in [5.41, 5.74) is 0. The molecule has 0 aromatic heterocycles. The van der Waals surface area contributed by atoms with E-state index in [1.807, 2.05) is 0 Å². The lowest BCUT2D eigenvalue weighted by Crippen LogP contribution is -2.14. The molecule has 0 aliphatic carbocycles. The Kier molecular flexibility index (Phi) is 21.4. The highest BCUT2D eigenvalue weighted by molar-refractivity contribution is 7.79. The maximum absolute atomic E-state index is 8.74. The summed E-state index contributed by atoms with van der Waals surface area (Å²) in [6, 6.07) is 0. The SMILES string of the molecule is CC(C)COCCOCCOCCOCCOCCO.O=S(=O)(O)O. The largest absolute Gasteiger partial charge is 0.394 e. The van der Waals surface area contributed by atoms with Crippen LogP contribution in [0, 0.1) is 5.92 Å². The molecule has 0 saturated carbocycles. The topological polar surface area (TPSA) is 141 Å². The molecule has 0 rings (SSSR count). The maximum Gasteiger partial charge on any atom is 0.394 e. The second-order valence-electron chi connectivity index (χ2n) is 5.09. The molecule has 0 aromatic carbocycles. The van der Waals surface area contributed by atoms with E-state index in [1.165, 1.54) is 0 Å². The highest BCUT2D eigenvalue weighted by atomic mass is 32.3. The summed E-state index contributed by atoms with van der Waals surface area (Å²) in [5.74, 6) is 0.562. The molecule has 154 valence electrons. The van der Waals surface area contributed by atoms with Crippen LogP contribution < -0.4 is 0 Å². The van der Waals surface area contributed by atoms with Crippen molar-refractivity contribution in [2.24, 2.45) is 5.92 Å². The van der Waals surface area contributed by atoms with Gasteiger partial charge in [0.05, 0.1) is 66.1 Å². The van der Waals surface area contributed by atoms with Crippen LogP contribution in [0.3, 0.4) is 0 Å². The van der Waals surface area contributed by atoms with Crippen molar-refractivity contribution in [2.45, 2.75) is 13.8 Å². The molecular formula is C14H32O10S. The van der Waals surface area contributed by atoms with Crippen molar-refractivity contribution in [1.29, 1.82) is 0 Å². The fourth-order valence-electron chi connectivity index (χ4n) is 1.26. The van der Waals surface area contributed by atoms with Gasteiger partial charge < -0.3 is 28.8 Å². The van der Waals surface area contributed by atoms with Gasteiger partial charge in [-0.3, -0.25) is 9.11 Å². The normalized spacial score (nSPS) is 11.4. The second-order valence-corrected chi connectivity index (χ2v) is 5.99. The molecule has 0 fully saturated rings. The van der Waals surface area contributed by atoms with E-state index in [0.717, 1.165) is 6.61 Å². The second kappa shape index (κ2) is 19.9. The van der Waals surface area contributed by atoms with Crippen LogP contribution in [0.2, 0.25) is 0 Å². The highest BCUT2D eigenvalue weighted by Gasteiger charge is 1.95. The van der Waals surface area contributed by atoms with Gasteiger partial charge in [-0.1, -0.05) is 13.8 Å². The third kappa shape index (κ3) is 40.0. The van der Waals surface area contributed by atoms with Crippen molar-refractivity contribution in [1.82, 2.24) is 0 Å². The first-order valence-corrected chi connectivity index (χ1v) is 9.36. The van der Waals surface area contributed by atoms with Crippen molar-refractivity contribution in [3.05, 3.63) is 0 Å². The Balaban J connectivity index is 0. The Hall–Kier alpha value is -0.370. The molecule has 25 heavy (non-hydrogen) atoms. The van der Waals surface area contributed by atoms with Gasteiger partial charge in [-0.2, -0.15) is 8.42 Å². The van der Waals surface area contributed by atoms with Crippen molar-refractivity contribution < 1.29 is 46.3 Å². The van der Waals surface area contributed by atoms with Gasteiger partial charge in [0.1, 0.15) is 0 Å². The number of hydrogen-bond donors (Lipinski definition) is 3. The number of aliphatic hydroxyl groups is 1. The monoisotopic (exact) mass is 392 g/mol. The third-order valence-electron chi connectivity index (χ3n) is 2.17. The van der Waals surface area contributed by atoms with Crippen LogP contribution in [0.1, 0.15) is 13.8 Å². The summed E-state index contributed by atoms with van der Waals surface area (Å²) in [4.78, 5) is 0. The Morgan fingerprint density at radius 3 is 1.24 bits per heavy atom. The lowest BCUT2D eigenvalue weighted by Gasteiger charge is -2.08. The maximum atomic E-state index is 8.74. The van der Waals surface area contributed by atoms with Gasteiger partial charge in [0.25, 0.3) is 0 Å². The van der Waals surface area contributed by atoms with Crippen LogP contribution in [0.4, 0.5) is 0 Å². The molecule has 0 aromatic rings. The molecule has 11 heteroatoms. The minimum atomic E-state index is -4.67. The van der Waals surface area contributed by atoms with E-state index in [0.29, 0.717) is 65.4 Å². The van der Waals surface area contributed by atoms with Crippen LogP contribution in [0.15, 0.2) is 0 Å². The quantitative estimate of drug-likeness (QED) is 0.244. The highest BCUT2D eigenvalue weighted by Crippen LogP contribution is 1.91. The van der Waals surface area contributed by atoms with Crippen molar-refractivity contribution in [2.75, 3.05) is 72.7 Å².